The van der Waals surface area contributed by atoms with Crippen molar-refractivity contribution in [2.75, 3.05) is 20.6 Å². The van der Waals surface area contributed by atoms with Gasteiger partial charge in [0.15, 0.2) is 5.96 Å². The average Bonchev–Trinajstić information content (AvgIpc) is 2.28. The Hall–Kier alpha value is -0.920. The Morgan fingerprint density at radius 3 is 2.33 bits per heavy atom. The Balaban J connectivity index is 0.00000289. The normalized spacial score (nSPS) is 10.8. The predicted octanol–water partition coefficient (Wildman–Crippen LogP) is 2.31. The largest absolute Gasteiger partial charge is 0.359 e. The van der Waals surface area contributed by atoms with E-state index in [1.54, 1.807) is 14.1 Å². The van der Waals surface area contributed by atoms with E-state index in [4.69, 9.17) is 0 Å². The van der Waals surface area contributed by atoms with Crippen LogP contribution in [0.15, 0.2) is 23.2 Å². The number of hydrogen-bond donors (Lipinski definition) is 2. The first-order valence-electron chi connectivity index (χ1n) is 5.49. The van der Waals surface area contributed by atoms with Crippen LogP contribution in [-0.4, -0.2) is 26.6 Å². The number of aryl methyl sites for hydroxylation is 1. The minimum Gasteiger partial charge on any atom is -0.359 e. The minimum atomic E-state index is -0.529. The first-order chi connectivity index (χ1) is 8.15. The quantitative estimate of drug-likeness (QED) is 0.370. The van der Waals surface area contributed by atoms with Crippen molar-refractivity contribution >= 4 is 29.9 Å². The van der Waals surface area contributed by atoms with Crippen LogP contribution in [0.2, 0.25) is 0 Å². The standard InChI is InChI=1S/C12H17F2N3.HI/c1-15-12(16-2)17-5-3-4-9-6-10(13)8-11(14)7-9;/h6-8H,3-5H2,1-2H3,(H2,15,16,17);1H. The van der Waals surface area contributed by atoms with Crippen LogP contribution in [0.5, 0.6) is 0 Å². The molecule has 18 heavy (non-hydrogen) atoms. The van der Waals surface area contributed by atoms with E-state index in [9.17, 15) is 8.78 Å². The van der Waals surface area contributed by atoms with Gasteiger partial charge in [-0.2, -0.15) is 0 Å². The lowest BCUT2D eigenvalue weighted by atomic mass is 10.1. The fraction of sp³-hybridized carbons (Fsp3) is 0.417. The maximum Gasteiger partial charge on any atom is 0.190 e. The lowest BCUT2D eigenvalue weighted by Crippen LogP contribution is -2.35. The van der Waals surface area contributed by atoms with Crippen LogP contribution in [0.1, 0.15) is 12.0 Å². The van der Waals surface area contributed by atoms with E-state index in [0.29, 0.717) is 24.5 Å². The van der Waals surface area contributed by atoms with E-state index in [1.807, 2.05) is 0 Å². The van der Waals surface area contributed by atoms with Crippen LogP contribution in [0.3, 0.4) is 0 Å². The number of nitrogens with one attached hydrogen (secondary N) is 2. The summed E-state index contributed by atoms with van der Waals surface area (Å²) < 4.78 is 25.8. The number of halogens is 3. The summed E-state index contributed by atoms with van der Waals surface area (Å²) in [5, 5.41) is 5.96. The van der Waals surface area contributed by atoms with Gasteiger partial charge in [0, 0.05) is 26.7 Å². The number of nitrogens with zero attached hydrogens (tertiary/aromatic N) is 1. The van der Waals surface area contributed by atoms with E-state index in [0.717, 1.165) is 12.5 Å². The van der Waals surface area contributed by atoms with Gasteiger partial charge in [0.2, 0.25) is 0 Å². The first kappa shape index (κ1) is 17.1. The summed E-state index contributed by atoms with van der Waals surface area (Å²) in [5.74, 6) is -0.353. The second kappa shape index (κ2) is 9.07. The van der Waals surface area contributed by atoms with Crippen molar-refractivity contribution in [2.45, 2.75) is 12.8 Å². The third-order valence-electron chi connectivity index (χ3n) is 2.32. The van der Waals surface area contributed by atoms with Crippen molar-refractivity contribution in [1.82, 2.24) is 10.6 Å². The molecule has 0 bridgehead atoms. The van der Waals surface area contributed by atoms with Gasteiger partial charge in [-0.05, 0) is 30.5 Å². The molecule has 102 valence electrons. The third kappa shape index (κ3) is 6.13. The van der Waals surface area contributed by atoms with Gasteiger partial charge in [-0.25, -0.2) is 8.78 Å². The SMILES string of the molecule is CN=C(NC)NCCCc1cc(F)cc(F)c1.I. The Morgan fingerprint density at radius 2 is 1.83 bits per heavy atom. The fourth-order valence-electron chi connectivity index (χ4n) is 1.53. The number of aliphatic imine (C=N–C) groups is 1. The first-order valence-corrected chi connectivity index (χ1v) is 5.49. The molecule has 0 atom stereocenters. The summed E-state index contributed by atoms with van der Waals surface area (Å²) >= 11 is 0. The van der Waals surface area contributed by atoms with Crippen molar-refractivity contribution < 1.29 is 8.78 Å². The average molecular weight is 369 g/mol. The van der Waals surface area contributed by atoms with E-state index >= 15 is 0 Å². The number of benzene rings is 1. The molecule has 2 N–H and O–H groups in total. The molecule has 1 rings (SSSR count). The molecule has 6 heteroatoms. The minimum absolute atomic E-state index is 0. The van der Waals surface area contributed by atoms with Crippen molar-refractivity contribution in [3.8, 4) is 0 Å². The van der Waals surface area contributed by atoms with Crippen LogP contribution in [-0.2, 0) is 6.42 Å². The van der Waals surface area contributed by atoms with E-state index in [-0.39, 0.29) is 24.0 Å². The van der Waals surface area contributed by atoms with Gasteiger partial charge in [0.25, 0.3) is 0 Å². The van der Waals surface area contributed by atoms with Crippen LogP contribution in [0, 0.1) is 11.6 Å². The van der Waals surface area contributed by atoms with Crippen molar-refractivity contribution in [3.05, 3.63) is 35.4 Å². The van der Waals surface area contributed by atoms with Gasteiger partial charge in [0.1, 0.15) is 11.6 Å². The molecule has 0 fully saturated rings. The zero-order chi connectivity index (χ0) is 12.7. The van der Waals surface area contributed by atoms with Crippen molar-refractivity contribution in [3.63, 3.8) is 0 Å². The Bertz CT molecular complexity index is 377. The highest BCUT2D eigenvalue weighted by molar-refractivity contribution is 14.0. The summed E-state index contributed by atoms with van der Waals surface area (Å²) in [6, 6.07) is 3.59. The Kier molecular flexibility index (Phi) is 8.61. The topological polar surface area (TPSA) is 36.4 Å². The molecule has 0 saturated heterocycles. The molecule has 0 amide bonds. The van der Waals surface area contributed by atoms with Crippen LogP contribution in [0.25, 0.3) is 0 Å². The molecule has 3 nitrogen and oxygen atoms in total. The van der Waals surface area contributed by atoms with E-state index in [2.05, 4.69) is 15.6 Å². The lowest BCUT2D eigenvalue weighted by molar-refractivity contribution is 0.578. The molecule has 0 aliphatic rings. The monoisotopic (exact) mass is 369 g/mol. The Labute approximate surface area is 123 Å². The maximum absolute atomic E-state index is 12.9. The van der Waals surface area contributed by atoms with E-state index in [1.165, 1.54) is 12.1 Å². The molecule has 0 spiro atoms. The van der Waals surface area contributed by atoms with Gasteiger partial charge >= 0.3 is 0 Å². The van der Waals surface area contributed by atoms with Gasteiger partial charge < -0.3 is 10.6 Å². The van der Waals surface area contributed by atoms with Gasteiger partial charge in [0.05, 0.1) is 0 Å². The third-order valence-corrected chi connectivity index (χ3v) is 2.32. The Morgan fingerprint density at radius 1 is 1.22 bits per heavy atom. The summed E-state index contributed by atoms with van der Waals surface area (Å²) in [5.41, 5.74) is 0.670. The van der Waals surface area contributed by atoms with Crippen molar-refractivity contribution in [2.24, 2.45) is 4.99 Å². The molecule has 0 saturated carbocycles. The van der Waals surface area contributed by atoms with Crippen LogP contribution >= 0.6 is 24.0 Å². The molecule has 0 aliphatic heterocycles. The van der Waals surface area contributed by atoms with Gasteiger partial charge in [-0.1, -0.05) is 0 Å². The summed E-state index contributed by atoms with van der Waals surface area (Å²) in [6.45, 7) is 0.700. The highest BCUT2D eigenvalue weighted by Crippen LogP contribution is 2.09. The smallest absolute Gasteiger partial charge is 0.190 e. The number of guanidine groups is 1. The lowest BCUT2D eigenvalue weighted by Gasteiger charge is -2.08. The molecular weight excluding hydrogens is 351 g/mol. The molecule has 1 aromatic rings. The maximum atomic E-state index is 12.9. The number of rotatable bonds is 4. The van der Waals surface area contributed by atoms with Gasteiger partial charge in [-0.15, -0.1) is 24.0 Å². The van der Waals surface area contributed by atoms with Gasteiger partial charge in [-0.3, -0.25) is 4.99 Å². The number of hydrogen-bond acceptors (Lipinski definition) is 1. The van der Waals surface area contributed by atoms with Crippen LogP contribution < -0.4 is 10.6 Å². The molecule has 0 aliphatic carbocycles. The molecule has 0 radical (unpaired) electrons. The summed E-state index contributed by atoms with van der Waals surface area (Å²) in [6.07, 6.45) is 1.41. The van der Waals surface area contributed by atoms with E-state index < -0.39 is 11.6 Å². The highest BCUT2D eigenvalue weighted by atomic mass is 127. The second-order valence-corrected chi connectivity index (χ2v) is 3.63. The molecule has 0 heterocycles. The molecule has 0 aromatic heterocycles. The van der Waals surface area contributed by atoms with Crippen molar-refractivity contribution in [1.29, 1.82) is 0 Å². The predicted molar refractivity (Wildman–Crippen MR) is 80.5 cm³/mol. The molecule has 1 aromatic carbocycles. The second-order valence-electron chi connectivity index (χ2n) is 3.63. The van der Waals surface area contributed by atoms with Crippen LogP contribution in [0.4, 0.5) is 8.78 Å². The summed E-state index contributed by atoms with van der Waals surface area (Å²) in [4.78, 5) is 3.95. The zero-order valence-electron chi connectivity index (χ0n) is 10.5. The zero-order valence-corrected chi connectivity index (χ0v) is 12.8. The highest BCUT2D eigenvalue weighted by Gasteiger charge is 2.00. The summed E-state index contributed by atoms with van der Waals surface area (Å²) in [7, 11) is 3.46. The molecule has 0 unspecified atom stereocenters. The molecular formula is C12H18F2IN3. The fourth-order valence-corrected chi connectivity index (χ4v) is 1.53.